The van der Waals surface area contributed by atoms with Crippen LogP contribution in [0.2, 0.25) is 0 Å². The first-order chi connectivity index (χ1) is 14.5. The fraction of sp³-hybridized carbons (Fsp3) is 0.182. The number of aromatic nitrogens is 2. The fourth-order valence-corrected chi connectivity index (χ4v) is 5.51. The van der Waals surface area contributed by atoms with Crippen LogP contribution in [0.15, 0.2) is 76.1 Å². The summed E-state index contributed by atoms with van der Waals surface area (Å²) in [5, 5.41) is 5.81. The lowest BCUT2D eigenvalue weighted by molar-refractivity contribution is 0.290. The van der Waals surface area contributed by atoms with Gasteiger partial charge in [-0.15, -0.1) is 0 Å². The quantitative estimate of drug-likeness (QED) is 0.481. The van der Waals surface area contributed by atoms with Gasteiger partial charge in [0.2, 0.25) is 21.7 Å². The average Bonchev–Trinajstić information content (AvgIpc) is 3.44. The maximum atomic E-state index is 13.4. The van der Waals surface area contributed by atoms with Crippen molar-refractivity contribution in [3.8, 4) is 11.4 Å². The van der Waals surface area contributed by atoms with E-state index in [0.29, 0.717) is 30.8 Å². The molecule has 1 fully saturated rings. The van der Waals surface area contributed by atoms with Gasteiger partial charge >= 0.3 is 0 Å². The zero-order chi connectivity index (χ0) is 20.7. The zero-order valence-corrected chi connectivity index (χ0v) is 16.7. The van der Waals surface area contributed by atoms with Crippen LogP contribution in [-0.2, 0) is 10.0 Å². The molecule has 1 saturated heterocycles. The number of halogens is 1. The fourth-order valence-electron chi connectivity index (χ4n) is 3.82. The summed E-state index contributed by atoms with van der Waals surface area (Å²) in [5.41, 5.74) is 0.605. The van der Waals surface area contributed by atoms with Crippen molar-refractivity contribution in [1.82, 2.24) is 14.4 Å². The van der Waals surface area contributed by atoms with Crippen molar-refractivity contribution in [2.24, 2.45) is 0 Å². The van der Waals surface area contributed by atoms with Gasteiger partial charge in [0.1, 0.15) is 11.9 Å². The predicted molar refractivity (Wildman–Crippen MR) is 110 cm³/mol. The summed E-state index contributed by atoms with van der Waals surface area (Å²) in [6.07, 6.45) is 1.30. The van der Waals surface area contributed by atoms with Crippen molar-refractivity contribution in [3.05, 3.63) is 78.4 Å². The lowest BCUT2D eigenvalue weighted by atomic mass is 10.1. The normalized spacial score (nSPS) is 17.6. The molecule has 152 valence electrons. The van der Waals surface area contributed by atoms with E-state index in [0.717, 1.165) is 10.8 Å². The van der Waals surface area contributed by atoms with Gasteiger partial charge in [-0.1, -0.05) is 35.5 Å². The zero-order valence-electron chi connectivity index (χ0n) is 15.9. The Bertz CT molecular complexity index is 1320. The van der Waals surface area contributed by atoms with Crippen LogP contribution in [0.5, 0.6) is 0 Å². The van der Waals surface area contributed by atoms with Crippen molar-refractivity contribution in [3.63, 3.8) is 0 Å². The molecule has 0 N–H and O–H groups in total. The number of benzene rings is 3. The van der Waals surface area contributed by atoms with E-state index in [-0.39, 0.29) is 16.6 Å². The van der Waals surface area contributed by atoms with Gasteiger partial charge in [-0.2, -0.15) is 9.29 Å². The molecule has 6 nitrogen and oxygen atoms in total. The third-order valence-corrected chi connectivity index (χ3v) is 7.26. The van der Waals surface area contributed by atoms with E-state index in [4.69, 9.17) is 4.52 Å². The van der Waals surface area contributed by atoms with Gasteiger partial charge in [-0.05, 0) is 60.0 Å². The van der Waals surface area contributed by atoms with E-state index < -0.39 is 16.1 Å². The van der Waals surface area contributed by atoms with Crippen LogP contribution >= 0.6 is 0 Å². The summed E-state index contributed by atoms with van der Waals surface area (Å²) in [6, 6.07) is 18.0. The van der Waals surface area contributed by atoms with Gasteiger partial charge in [-0.3, -0.25) is 0 Å². The Labute approximate surface area is 173 Å². The van der Waals surface area contributed by atoms with E-state index >= 15 is 0 Å². The first-order valence-corrected chi connectivity index (χ1v) is 11.1. The highest BCUT2D eigenvalue weighted by molar-refractivity contribution is 7.89. The molecule has 0 saturated carbocycles. The van der Waals surface area contributed by atoms with Gasteiger partial charge in [0.05, 0.1) is 4.90 Å². The van der Waals surface area contributed by atoms with Crippen molar-refractivity contribution < 1.29 is 17.3 Å². The second-order valence-corrected chi connectivity index (χ2v) is 9.14. The Morgan fingerprint density at radius 3 is 2.57 bits per heavy atom. The van der Waals surface area contributed by atoms with Gasteiger partial charge in [0, 0.05) is 12.1 Å². The van der Waals surface area contributed by atoms with E-state index in [2.05, 4.69) is 10.1 Å². The number of nitrogens with zero attached hydrogens (tertiary/aromatic N) is 3. The number of hydrogen-bond acceptors (Lipinski definition) is 5. The molecule has 1 atom stereocenters. The van der Waals surface area contributed by atoms with Crippen LogP contribution in [0.25, 0.3) is 22.2 Å². The van der Waals surface area contributed by atoms with Crippen molar-refractivity contribution in [2.45, 2.75) is 23.8 Å². The number of rotatable bonds is 4. The van der Waals surface area contributed by atoms with E-state index in [1.54, 1.807) is 24.3 Å². The summed E-state index contributed by atoms with van der Waals surface area (Å²) in [7, 11) is -3.73. The van der Waals surface area contributed by atoms with Crippen LogP contribution in [-0.4, -0.2) is 29.4 Å². The Kier molecular flexibility index (Phi) is 4.60. The summed E-state index contributed by atoms with van der Waals surface area (Å²) >= 11 is 0. The molecule has 4 aromatic rings. The largest absolute Gasteiger partial charge is 0.337 e. The van der Waals surface area contributed by atoms with Gasteiger partial charge in [-0.25, -0.2) is 12.8 Å². The predicted octanol–water partition coefficient (Wildman–Crippen LogP) is 4.55. The molecular formula is C22H18FN3O3S. The molecule has 0 amide bonds. The molecule has 8 heteroatoms. The lowest BCUT2D eigenvalue weighted by Gasteiger charge is -2.21. The molecule has 30 heavy (non-hydrogen) atoms. The van der Waals surface area contributed by atoms with Crippen molar-refractivity contribution in [1.29, 1.82) is 0 Å². The Balaban J connectivity index is 1.47. The Morgan fingerprint density at radius 2 is 1.77 bits per heavy atom. The Morgan fingerprint density at radius 1 is 1.00 bits per heavy atom. The van der Waals surface area contributed by atoms with Crippen LogP contribution in [0.4, 0.5) is 4.39 Å². The van der Waals surface area contributed by atoms with Crippen LogP contribution in [0, 0.1) is 5.82 Å². The minimum absolute atomic E-state index is 0.242. The summed E-state index contributed by atoms with van der Waals surface area (Å²) < 4.78 is 46.7. The molecule has 0 bridgehead atoms. The van der Waals surface area contributed by atoms with Crippen molar-refractivity contribution in [2.75, 3.05) is 6.54 Å². The van der Waals surface area contributed by atoms with Crippen LogP contribution in [0.1, 0.15) is 24.8 Å². The number of fused-ring (bicyclic) bond motifs is 1. The monoisotopic (exact) mass is 423 g/mol. The molecule has 0 spiro atoms. The maximum Gasteiger partial charge on any atom is 0.245 e. The van der Waals surface area contributed by atoms with E-state index in [1.165, 1.54) is 16.4 Å². The highest BCUT2D eigenvalue weighted by Gasteiger charge is 2.39. The third kappa shape index (κ3) is 3.28. The summed E-state index contributed by atoms with van der Waals surface area (Å²) in [4.78, 5) is 4.64. The van der Waals surface area contributed by atoms with E-state index in [1.807, 2.05) is 30.3 Å². The van der Waals surface area contributed by atoms with Gasteiger partial charge in [0.25, 0.3) is 0 Å². The van der Waals surface area contributed by atoms with Crippen molar-refractivity contribution >= 4 is 20.8 Å². The van der Waals surface area contributed by atoms with Crippen LogP contribution in [0.3, 0.4) is 0 Å². The molecule has 0 aliphatic carbocycles. The second-order valence-electron chi connectivity index (χ2n) is 7.25. The minimum Gasteiger partial charge on any atom is -0.337 e. The average molecular weight is 423 g/mol. The molecule has 1 unspecified atom stereocenters. The molecule has 1 aromatic heterocycles. The molecule has 1 aliphatic heterocycles. The SMILES string of the molecule is O=S(=O)(c1ccc2ccccc2c1)N1CCCC1c1nc(-c2ccc(F)cc2)no1. The molecular weight excluding hydrogens is 405 g/mol. The second kappa shape index (κ2) is 7.30. The van der Waals surface area contributed by atoms with Crippen LogP contribution < -0.4 is 0 Å². The first-order valence-electron chi connectivity index (χ1n) is 9.62. The Hall–Kier alpha value is -3.10. The van der Waals surface area contributed by atoms with Gasteiger partial charge in [0.15, 0.2) is 0 Å². The minimum atomic E-state index is -3.73. The number of hydrogen-bond donors (Lipinski definition) is 0. The topological polar surface area (TPSA) is 76.3 Å². The van der Waals surface area contributed by atoms with E-state index in [9.17, 15) is 12.8 Å². The smallest absolute Gasteiger partial charge is 0.245 e. The molecule has 1 aliphatic rings. The third-order valence-electron chi connectivity index (χ3n) is 5.36. The first kappa shape index (κ1) is 18.9. The number of sulfonamides is 1. The highest BCUT2D eigenvalue weighted by Crippen LogP contribution is 2.37. The maximum absolute atomic E-state index is 13.4. The summed E-state index contributed by atoms with van der Waals surface area (Å²) in [6.45, 7) is 0.383. The highest BCUT2D eigenvalue weighted by atomic mass is 32.2. The van der Waals surface area contributed by atoms with Gasteiger partial charge < -0.3 is 4.52 Å². The summed E-state index contributed by atoms with van der Waals surface area (Å²) in [5.74, 6) is 0.196. The molecule has 3 aromatic carbocycles. The molecule has 0 radical (unpaired) electrons. The molecule has 2 heterocycles. The lowest BCUT2D eigenvalue weighted by Crippen LogP contribution is -2.30. The standard InChI is InChI=1S/C22H18FN3O3S/c23-18-10-7-16(8-11-18)21-24-22(29-25-21)20-6-3-13-26(20)30(27,28)19-12-9-15-4-1-2-5-17(15)14-19/h1-2,4-5,7-12,14,20H,3,6,13H2. The molecule has 5 rings (SSSR count).